The van der Waals surface area contributed by atoms with Gasteiger partial charge in [0.05, 0.1) is 12.6 Å². The standard InChI is InChI=1S/C18H30N2O/c1-6-14(2)19-13-17(21)20-16(12-18(3,4)5)15-10-8-7-9-11-15/h7-11,14,16,19H,6,12-13H2,1-5H3,(H,20,21). The van der Waals surface area contributed by atoms with Gasteiger partial charge in [0, 0.05) is 6.04 Å². The van der Waals surface area contributed by atoms with E-state index in [1.54, 1.807) is 0 Å². The summed E-state index contributed by atoms with van der Waals surface area (Å²) < 4.78 is 0. The Bertz CT molecular complexity index is 423. The molecule has 2 N–H and O–H groups in total. The molecule has 118 valence electrons. The van der Waals surface area contributed by atoms with E-state index in [-0.39, 0.29) is 17.4 Å². The molecule has 1 aromatic carbocycles. The summed E-state index contributed by atoms with van der Waals surface area (Å²) in [5, 5.41) is 6.41. The van der Waals surface area contributed by atoms with Crippen LogP contribution in [0.1, 0.15) is 59.1 Å². The van der Waals surface area contributed by atoms with Gasteiger partial charge in [0.2, 0.25) is 5.91 Å². The summed E-state index contributed by atoms with van der Waals surface area (Å²) in [5.74, 6) is 0.0633. The van der Waals surface area contributed by atoms with Crippen LogP contribution < -0.4 is 10.6 Å². The second-order valence-corrected chi connectivity index (χ2v) is 6.99. The number of hydrogen-bond acceptors (Lipinski definition) is 2. The number of hydrogen-bond donors (Lipinski definition) is 2. The van der Waals surface area contributed by atoms with Crippen LogP contribution in [0.5, 0.6) is 0 Å². The molecule has 0 radical (unpaired) electrons. The average Bonchev–Trinajstić information content (AvgIpc) is 2.43. The van der Waals surface area contributed by atoms with E-state index in [1.807, 2.05) is 18.2 Å². The van der Waals surface area contributed by atoms with E-state index in [0.717, 1.165) is 12.8 Å². The number of benzene rings is 1. The van der Waals surface area contributed by atoms with E-state index in [2.05, 4.69) is 57.4 Å². The van der Waals surface area contributed by atoms with Crippen molar-refractivity contribution in [3.8, 4) is 0 Å². The van der Waals surface area contributed by atoms with Crippen molar-refractivity contribution in [2.45, 2.75) is 59.5 Å². The summed E-state index contributed by atoms with van der Waals surface area (Å²) in [5.41, 5.74) is 1.34. The van der Waals surface area contributed by atoms with E-state index in [4.69, 9.17) is 0 Å². The van der Waals surface area contributed by atoms with E-state index < -0.39 is 0 Å². The minimum atomic E-state index is 0.0633. The Hall–Kier alpha value is -1.35. The van der Waals surface area contributed by atoms with Gasteiger partial charge >= 0.3 is 0 Å². The second kappa shape index (κ2) is 8.18. The van der Waals surface area contributed by atoms with Gasteiger partial charge < -0.3 is 10.6 Å². The van der Waals surface area contributed by atoms with E-state index in [0.29, 0.717) is 12.6 Å². The Labute approximate surface area is 129 Å². The highest BCUT2D eigenvalue weighted by Gasteiger charge is 2.21. The van der Waals surface area contributed by atoms with Crippen molar-refractivity contribution in [3.63, 3.8) is 0 Å². The molecule has 2 unspecified atom stereocenters. The van der Waals surface area contributed by atoms with Gasteiger partial charge in [-0.1, -0.05) is 58.0 Å². The highest BCUT2D eigenvalue weighted by molar-refractivity contribution is 5.78. The minimum absolute atomic E-state index is 0.0633. The normalized spacial score (nSPS) is 14.5. The molecule has 21 heavy (non-hydrogen) atoms. The van der Waals surface area contributed by atoms with E-state index >= 15 is 0 Å². The molecule has 0 aliphatic heterocycles. The predicted octanol–water partition coefficient (Wildman–Crippen LogP) is 3.67. The van der Waals surface area contributed by atoms with Crippen LogP contribution >= 0.6 is 0 Å². The molecule has 3 heteroatoms. The average molecular weight is 290 g/mol. The summed E-state index contributed by atoms with van der Waals surface area (Å²) in [6, 6.07) is 10.6. The van der Waals surface area contributed by atoms with Gasteiger partial charge in [-0.05, 0) is 30.7 Å². The van der Waals surface area contributed by atoms with Crippen LogP contribution in [-0.2, 0) is 4.79 Å². The number of amides is 1. The molecule has 1 amide bonds. The van der Waals surface area contributed by atoms with Crippen molar-refractivity contribution < 1.29 is 4.79 Å². The Kier molecular flexibility index (Phi) is 6.90. The Morgan fingerprint density at radius 3 is 2.33 bits per heavy atom. The third-order valence-electron chi connectivity index (χ3n) is 3.58. The van der Waals surface area contributed by atoms with Gasteiger partial charge in [-0.15, -0.1) is 0 Å². The molecular weight excluding hydrogens is 260 g/mol. The van der Waals surface area contributed by atoms with Crippen molar-refractivity contribution in [1.29, 1.82) is 0 Å². The summed E-state index contributed by atoms with van der Waals surface area (Å²) in [6.07, 6.45) is 1.95. The maximum Gasteiger partial charge on any atom is 0.234 e. The Morgan fingerprint density at radius 1 is 1.19 bits per heavy atom. The molecule has 0 bridgehead atoms. The van der Waals surface area contributed by atoms with Gasteiger partial charge in [0.25, 0.3) is 0 Å². The largest absolute Gasteiger partial charge is 0.348 e. The summed E-state index contributed by atoms with van der Waals surface area (Å²) in [7, 11) is 0. The topological polar surface area (TPSA) is 41.1 Å². The zero-order valence-corrected chi connectivity index (χ0v) is 14.1. The molecule has 0 saturated heterocycles. The van der Waals surface area contributed by atoms with Gasteiger partial charge in [-0.25, -0.2) is 0 Å². The first-order chi connectivity index (χ1) is 9.81. The number of carbonyl (C=O) groups excluding carboxylic acids is 1. The van der Waals surface area contributed by atoms with Gasteiger partial charge in [0.1, 0.15) is 0 Å². The molecule has 0 saturated carbocycles. The maximum absolute atomic E-state index is 12.2. The first-order valence-electron chi connectivity index (χ1n) is 7.89. The monoisotopic (exact) mass is 290 g/mol. The zero-order valence-electron chi connectivity index (χ0n) is 14.1. The lowest BCUT2D eigenvalue weighted by Crippen LogP contribution is -2.40. The number of nitrogens with one attached hydrogen (secondary N) is 2. The highest BCUT2D eigenvalue weighted by atomic mass is 16.2. The predicted molar refractivity (Wildman–Crippen MR) is 89.2 cm³/mol. The SMILES string of the molecule is CCC(C)NCC(=O)NC(CC(C)(C)C)c1ccccc1. The van der Waals surface area contributed by atoms with Crippen LogP contribution in [-0.4, -0.2) is 18.5 Å². The Balaban J connectivity index is 2.67. The van der Waals surface area contributed by atoms with Crippen molar-refractivity contribution in [2.75, 3.05) is 6.54 Å². The summed E-state index contributed by atoms with van der Waals surface area (Å²) in [4.78, 5) is 12.2. The fraction of sp³-hybridized carbons (Fsp3) is 0.611. The fourth-order valence-corrected chi connectivity index (χ4v) is 2.21. The molecule has 0 fully saturated rings. The van der Waals surface area contributed by atoms with Crippen LogP contribution in [0.15, 0.2) is 30.3 Å². The maximum atomic E-state index is 12.2. The zero-order chi connectivity index (χ0) is 15.9. The lowest BCUT2D eigenvalue weighted by atomic mass is 9.85. The first kappa shape index (κ1) is 17.7. The van der Waals surface area contributed by atoms with Crippen LogP contribution in [0.25, 0.3) is 0 Å². The van der Waals surface area contributed by atoms with Crippen LogP contribution in [0.3, 0.4) is 0 Å². The second-order valence-electron chi connectivity index (χ2n) is 6.99. The van der Waals surface area contributed by atoms with E-state index in [9.17, 15) is 4.79 Å². The van der Waals surface area contributed by atoms with Crippen molar-refractivity contribution in [3.05, 3.63) is 35.9 Å². The molecule has 0 aliphatic carbocycles. The van der Waals surface area contributed by atoms with Crippen molar-refractivity contribution in [1.82, 2.24) is 10.6 Å². The lowest BCUT2D eigenvalue weighted by molar-refractivity contribution is -0.121. The van der Waals surface area contributed by atoms with Crippen LogP contribution in [0, 0.1) is 5.41 Å². The number of rotatable bonds is 7. The molecule has 0 aromatic heterocycles. The van der Waals surface area contributed by atoms with Gasteiger partial charge in [-0.2, -0.15) is 0 Å². The molecule has 2 atom stereocenters. The Morgan fingerprint density at radius 2 is 1.81 bits per heavy atom. The van der Waals surface area contributed by atoms with Crippen LogP contribution in [0.2, 0.25) is 0 Å². The smallest absolute Gasteiger partial charge is 0.234 e. The quantitative estimate of drug-likeness (QED) is 0.804. The third-order valence-corrected chi connectivity index (χ3v) is 3.58. The fourth-order valence-electron chi connectivity index (χ4n) is 2.21. The number of carbonyl (C=O) groups is 1. The highest BCUT2D eigenvalue weighted by Crippen LogP contribution is 2.29. The molecule has 3 nitrogen and oxygen atoms in total. The third kappa shape index (κ3) is 7.28. The molecule has 1 aromatic rings. The van der Waals surface area contributed by atoms with E-state index in [1.165, 1.54) is 5.56 Å². The van der Waals surface area contributed by atoms with Crippen molar-refractivity contribution in [2.24, 2.45) is 5.41 Å². The van der Waals surface area contributed by atoms with Crippen LogP contribution in [0.4, 0.5) is 0 Å². The molecular formula is C18H30N2O. The lowest BCUT2D eigenvalue weighted by Gasteiger charge is -2.27. The molecule has 0 spiro atoms. The summed E-state index contributed by atoms with van der Waals surface area (Å²) >= 11 is 0. The first-order valence-corrected chi connectivity index (χ1v) is 7.89. The van der Waals surface area contributed by atoms with Gasteiger partial charge in [-0.3, -0.25) is 4.79 Å². The van der Waals surface area contributed by atoms with Crippen molar-refractivity contribution >= 4 is 5.91 Å². The summed E-state index contributed by atoms with van der Waals surface area (Å²) in [6.45, 7) is 11.2. The molecule has 0 heterocycles. The molecule has 0 aliphatic rings. The molecule has 1 rings (SSSR count). The van der Waals surface area contributed by atoms with Gasteiger partial charge in [0.15, 0.2) is 0 Å². The minimum Gasteiger partial charge on any atom is -0.348 e.